The predicted octanol–water partition coefficient (Wildman–Crippen LogP) is 3.35. The minimum atomic E-state index is -0.475. The number of carbonyl (C=O) groups is 1. The van der Waals surface area contributed by atoms with Gasteiger partial charge in [0.05, 0.1) is 30.2 Å². The van der Waals surface area contributed by atoms with Gasteiger partial charge in [-0.25, -0.2) is 0 Å². The Morgan fingerprint density at radius 2 is 2.18 bits per heavy atom. The fourth-order valence-electron chi connectivity index (χ4n) is 3.63. The molecule has 0 fully saturated rings. The maximum absolute atomic E-state index is 13.3. The van der Waals surface area contributed by atoms with Crippen molar-refractivity contribution in [2.45, 2.75) is 12.8 Å². The number of nitrogens with one attached hydrogen (secondary N) is 1. The summed E-state index contributed by atoms with van der Waals surface area (Å²) < 4.78 is 5.25. The molecule has 0 saturated carbocycles. The van der Waals surface area contributed by atoms with Crippen LogP contribution in [0.3, 0.4) is 0 Å². The maximum Gasteiger partial charge on any atom is 0.275 e. The normalized spacial score (nSPS) is 12.6. The number of aromatic amines is 1. The van der Waals surface area contributed by atoms with E-state index in [-0.39, 0.29) is 18.0 Å². The molecule has 2 heterocycles. The molecule has 28 heavy (non-hydrogen) atoms. The number of non-ortho nitro benzene ring substituents is 1. The van der Waals surface area contributed by atoms with E-state index < -0.39 is 4.92 Å². The Hall–Kier alpha value is -3.86. The number of methoxy groups -OCH3 is 1. The summed E-state index contributed by atoms with van der Waals surface area (Å²) in [6.07, 6.45) is 0.685. The average molecular weight is 376 g/mol. The van der Waals surface area contributed by atoms with E-state index in [0.29, 0.717) is 35.7 Å². The first-order valence-electron chi connectivity index (χ1n) is 8.68. The van der Waals surface area contributed by atoms with Crippen LogP contribution < -0.4 is 9.64 Å². The molecule has 1 aromatic heterocycles. The van der Waals surface area contributed by atoms with Crippen molar-refractivity contribution in [1.29, 1.82) is 5.26 Å². The van der Waals surface area contributed by atoms with Gasteiger partial charge in [-0.1, -0.05) is 6.07 Å². The number of carbonyl (C=O) groups excluding carboxylic acids is 1. The van der Waals surface area contributed by atoms with E-state index >= 15 is 0 Å². The van der Waals surface area contributed by atoms with Crippen LogP contribution in [0.25, 0.3) is 10.9 Å². The summed E-state index contributed by atoms with van der Waals surface area (Å²) in [4.78, 5) is 28.6. The molecule has 8 nitrogen and oxygen atoms in total. The van der Waals surface area contributed by atoms with E-state index in [0.717, 1.165) is 16.5 Å². The summed E-state index contributed by atoms with van der Waals surface area (Å²) >= 11 is 0. The Bertz CT molecular complexity index is 1160. The van der Waals surface area contributed by atoms with Crippen LogP contribution in [-0.4, -0.2) is 29.5 Å². The van der Waals surface area contributed by atoms with Gasteiger partial charge < -0.3 is 14.6 Å². The molecule has 0 aliphatic carbocycles. The summed E-state index contributed by atoms with van der Waals surface area (Å²) in [5, 5.41) is 21.1. The van der Waals surface area contributed by atoms with Crippen molar-refractivity contribution in [1.82, 2.24) is 4.98 Å². The Morgan fingerprint density at radius 1 is 1.36 bits per heavy atom. The number of hydrogen-bond acceptors (Lipinski definition) is 5. The van der Waals surface area contributed by atoms with Gasteiger partial charge in [-0.3, -0.25) is 14.9 Å². The number of benzene rings is 2. The number of ether oxygens (including phenoxy) is 1. The molecule has 1 N–H and O–H groups in total. The largest absolute Gasteiger partial charge is 0.497 e. The highest BCUT2D eigenvalue weighted by Gasteiger charge is 2.30. The summed E-state index contributed by atoms with van der Waals surface area (Å²) in [6, 6.07) is 12.0. The highest BCUT2D eigenvalue weighted by molar-refractivity contribution is 6.10. The molecular weight excluding hydrogens is 360 g/mol. The monoisotopic (exact) mass is 376 g/mol. The van der Waals surface area contributed by atoms with Crippen molar-refractivity contribution in [3.05, 3.63) is 63.3 Å². The molecule has 0 spiro atoms. The zero-order valence-corrected chi connectivity index (χ0v) is 15.1. The number of fused-ring (bicyclic) bond motifs is 2. The molecule has 4 rings (SSSR count). The van der Waals surface area contributed by atoms with Crippen molar-refractivity contribution < 1.29 is 14.5 Å². The van der Waals surface area contributed by atoms with Gasteiger partial charge in [0.15, 0.2) is 0 Å². The third-order valence-corrected chi connectivity index (χ3v) is 5.00. The second kappa shape index (κ2) is 6.70. The smallest absolute Gasteiger partial charge is 0.275 e. The van der Waals surface area contributed by atoms with Crippen molar-refractivity contribution in [2.75, 3.05) is 18.6 Å². The third-order valence-electron chi connectivity index (χ3n) is 5.00. The van der Waals surface area contributed by atoms with E-state index in [9.17, 15) is 20.2 Å². The molecular formula is C20H16N4O4. The number of nitrogens with zero attached hydrogens (tertiary/aromatic N) is 3. The molecule has 8 heteroatoms. The molecule has 1 aliphatic rings. The second-order valence-corrected chi connectivity index (χ2v) is 6.50. The minimum Gasteiger partial charge on any atom is -0.497 e. The lowest BCUT2D eigenvalue weighted by Gasteiger charge is -2.17. The van der Waals surface area contributed by atoms with Gasteiger partial charge in [-0.15, -0.1) is 0 Å². The molecule has 0 saturated heterocycles. The van der Waals surface area contributed by atoms with Gasteiger partial charge in [-0.05, 0) is 30.2 Å². The predicted molar refractivity (Wildman–Crippen MR) is 103 cm³/mol. The standard InChI is InChI=1S/C20H16N4O4/c1-28-14-4-5-17-16(11-14)15(6-8-21)19(22-17)20(25)23-9-7-12-2-3-13(24(26)27)10-18(12)23/h2-5,10-11,22H,6-7,9H2,1H3. The lowest BCUT2D eigenvalue weighted by Crippen LogP contribution is -2.30. The number of nitro groups is 1. The molecule has 0 radical (unpaired) electrons. The highest BCUT2D eigenvalue weighted by Crippen LogP contribution is 2.34. The van der Waals surface area contributed by atoms with Crippen LogP contribution >= 0.6 is 0 Å². The first-order valence-corrected chi connectivity index (χ1v) is 8.68. The minimum absolute atomic E-state index is 0.0583. The van der Waals surface area contributed by atoms with Crippen LogP contribution in [0.15, 0.2) is 36.4 Å². The van der Waals surface area contributed by atoms with Crippen molar-refractivity contribution in [3.63, 3.8) is 0 Å². The van der Waals surface area contributed by atoms with Crippen LogP contribution in [0.4, 0.5) is 11.4 Å². The van der Waals surface area contributed by atoms with Crippen molar-refractivity contribution in [3.8, 4) is 11.8 Å². The highest BCUT2D eigenvalue weighted by atomic mass is 16.6. The van der Waals surface area contributed by atoms with Crippen LogP contribution in [0, 0.1) is 21.4 Å². The fraction of sp³-hybridized carbons (Fsp3) is 0.200. The van der Waals surface area contributed by atoms with Gasteiger partial charge >= 0.3 is 0 Å². The SMILES string of the molecule is COc1ccc2[nH]c(C(=O)N3CCc4ccc([N+](=O)[O-])cc43)c(CC#N)c2c1. The van der Waals surface area contributed by atoms with Crippen LogP contribution in [0.5, 0.6) is 5.75 Å². The number of nitro benzene ring substituents is 1. The molecule has 0 bridgehead atoms. The zero-order chi connectivity index (χ0) is 19.8. The van der Waals surface area contributed by atoms with E-state index in [1.807, 2.05) is 0 Å². The quantitative estimate of drug-likeness (QED) is 0.554. The zero-order valence-electron chi connectivity index (χ0n) is 15.1. The number of nitriles is 1. The van der Waals surface area contributed by atoms with E-state index in [2.05, 4.69) is 11.1 Å². The topological polar surface area (TPSA) is 112 Å². The molecule has 1 aliphatic heterocycles. The Balaban J connectivity index is 1.81. The summed E-state index contributed by atoms with van der Waals surface area (Å²) in [5.41, 5.74) is 3.02. The van der Waals surface area contributed by atoms with Crippen LogP contribution in [0.2, 0.25) is 0 Å². The van der Waals surface area contributed by atoms with Gasteiger partial charge in [0.2, 0.25) is 0 Å². The summed E-state index contributed by atoms with van der Waals surface area (Å²) in [6.45, 7) is 0.431. The average Bonchev–Trinajstić information content (AvgIpc) is 3.28. The molecule has 0 atom stereocenters. The Kier molecular flexibility index (Phi) is 4.20. The second-order valence-electron chi connectivity index (χ2n) is 6.50. The first-order chi connectivity index (χ1) is 13.5. The van der Waals surface area contributed by atoms with Gasteiger partial charge in [0, 0.05) is 35.1 Å². The lowest BCUT2D eigenvalue weighted by molar-refractivity contribution is -0.384. The van der Waals surface area contributed by atoms with E-state index in [1.165, 1.54) is 17.0 Å². The van der Waals surface area contributed by atoms with Crippen molar-refractivity contribution >= 4 is 28.2 Å². The van der Waals surface area contributed by atoms with Gasteiger partial charge in [-0.2, -0.15) is 5.26 Å². The van der Waals surface area contributed by atoms with Gasteiger partial charge in [0.1, 0.15) is 11.4 Å². The fourth-order valence-corrected chi connectivity index (χ4v) is 3.63. The molecule has 2 aromatic carbocycles. The summed E-state index contributed by atoms with van der Waals surface area (Å²) in [7, 11) is 1.55. The van der Waals surface area contributed by atoms with Crippen LogP contribution in [-0.2, 0) is 12.8 Å². The molecule has 1 amide bonds. The number of rotatable bonds is 4. The number of aromatic nitrogens is 1. The molecule has 3 aromatic rings. The maximum atomic E-state index is 13.3. The summed E-state index contributed by atoms with van der Waals surface area (Å²) in [5.74, 6) is 0.325. The number of H-pyrrole nitrogens is 1. The molecule has 0 unspecified atom stereocenters. The molecule has 140 valence electrons. The third kappa shape index (κ3) is 2.74. The lowest BCUT2D eigenvalue weighted by atomic mass is 10.1. The van der Waals surface area contributed by atoms with E-state index in [4.69, 9.17) is 4.74 Å². The van der Waals surface area contributed by atoms with Crippen LogP contribution in [0.1, 0.15) is 21.6 Å². The Morgan fingerprint density at radius 3 is 2.89 bits per heavy atom. The number of anilines is 1. The number of hydrogen-bond donors (Lipinski definition) is 1. The number of amides is 1. The van der Waals surface area contributed by atoms with E-state index in [1.54, 1.807) is 31.4 Å². The first kappa shape index (κ1) is 17.5. The Labute approximate surface area is 160 Å². The van der Waals surface area contributed by atoms with Gasteiger partial charge in [0.25, 0.3) is 11.6 Å². The van der Waals surface area contributed by atoms with Crippen molar-refractivity contribution in [2.24, 2.45) is 0 Å².